The molecule has 1 aromatic carbocycles. The summed E-state index contributed by atoms with van der Waals surface area (Å²) in [6, 6.07) is 4.29. The predicted octanol–water partition coefficient (Wildman–Crippen LogP) is 1.40. The summed E-state index contributed by atoms with van der Waals surface area (Å²) in [5.41, 5.74) is -0.522. The van der Waals surface area contributed by atoms with Crippen molar-refractivity contribution < 1.29 is 9.66 Å². The van der Waals surface area contributed by atoms with Crippen LogP contribution in [0, 0.1) is 10.1 Å². The summed E-state index contributed by atoms with van der Waals surface area (Å²) >= 11 is 1.36. The fourth-order valence-electron chi connectivity index (χ4n) is 2.05. The molecule has 104 valence electrons. The highest BCUT2D eigenvalue weighted by Gasteiger charge is 2.16. The zero-order chi connectivity index (χ0) is 14.1. The van der Waals surface area contributed by atoms with E-state index in [2.05, 4.69) is 4.98 Å². The molecule has 1 fully saturated rings. The Hall–Kier alpha value is -2.06. The highest BCUT2D eigenvalue weighted by Crippen LogP contribution is 2.27. The third-order valence-electron chi connectivity index (χ3n) is 3.08. The Morgan fingerprint density at radius 2 is 2.10 bits per heavy atom. The fourth-order valence-corrected chi connectivity index (χ4v) is 3.08. The van der Waals surface area contributed by atoms with Crippen molar-refractivity contribution in [3.8, 4) is 0 Å². The van der Waals surface area contributed by atoms with Crippen LogP contribution in [-0.4, -0.2) is 36.2 Å². The van der Waals surface area contributed by atoms with Crippen LogP contribution >= 0.6 is 11.3 Å². The van der Waals surface area contributed by atoms with Crippen LogP contribution in [0.2, 0.25) is 0 Å². The van der Waals surface area contributed by atoms with Crippen molar-refractivity contribution in [1.29, 1.82) is 0 Å². The Morgan fingerprint density at radius 1 is 1.35 bits per heavy atom. The Kier molecular flexibility index (Phi) is 3.33. The Balaban J connectivity index is 2.08. The zero-order valence-corrected chi connectivity index (χ0v) is 11.3. The molecular formula is C12H11N3O4S. The Morgan fingerprint density at radius 3 is 2.80 bits per heavy atom. The third kappa shape index (κ3) is 2.35. The first-order valence-electron chi connectivity index (χ1n) is 6.07. The quantitative estimate of drug-likeness (QED) is 0.614. The molecule has 0 N–H and O–H groups in total. The molecule has 8 heteroatoms. The van der Waals surface area contributed by atoms with E-state index in [-0.39, 0.29) is 5.69 Å². The van der Waals surface area contributed by atoms with Crippen molar-refractivity contribution in [2.75, 3.05) is 31.2 Å². The molecule has 1 aliphatic rings. The third-order valence-corrected chi connectivity index (χ3v) is 4.19. The second-order valence-electron chi connectivity index (χ2n) is 4.34. The average molecular weight is 293 g/mol. The van der Waals surface area contributed by atoms with Gasteiger partial charge in [-0.05, 0) is 6.07 Å². The number of morpholine rings is 1. The Labute approximate surface area is 117 Å². The van der Waals surface area contributed by atoms with E-state index < -0.39 is 10.5 Å². The number of benzene rings is 1. The van der Waals surface area contributed by atoms with Crippen LogP contribution in [0.15, 0.2) is 23.0 Å². The van der Waals surface area contributed by atoms with Crippen LogP contribution in [0.3, 0.4) is 0 Å². The first-order chi connectivity index (χ1) is 9.65. The number of nitro groups is 1. The number of non-ortho nitro benzene ring substituents is 1. The van der Waals surface area contributed by atoms with E-state index in [1.165, 1.54) is 23.5 Å². The van der Waals surface area contributed by atoms with Gasteiger partial charge in [0, 0.05) is 29.9 Å². The SMILES string of the molecule is O=c1nc(N2CCOCC2)sc2ccc([N+](=O)[O-])cc12. The highest BCUT2D eigenvalue weighted by atomic mass is 32.1. The highest BCUT2D eigenvalue weighted by molar-refractivity contribution is 7.21. The molecule has 2 aromatic rings. The maximum Gasteiger partial charge on any atom is 0.281 e. The molecule has 0 bridgehead atoms. The van der Waals surface area contributed by atoms with Gasteiger partial charge in [-0.3, -0.25) is 14.9 Å². The summed E-state index contributed by atoms with van der Waals surface area (Å²) in [7, 11) is 0. The number of hydrogen-bond donors (Lipinski definition) is 0. The van der Waals surface area contributed by atoms with E-state index in [0.29, 0.717) is 41.5 Å². The van der Waals surface area contributed by atoms with Crippen LogP contribution in [-0.2, 0) is 4.74 Å². The second-order valence-corrected chi connectivity index (χ2v) is 5.35. The van der Waals surface area contributed by atoms with Gasteiger partial charge in [-0.25, -0.2) is 0 Å². The number of nitro benzene ring substituents is 1. The largest absolute Gasteiger partial charge is 0.378 e. The number of aromatic nitrogens is 1. The van der Waals surface area contributed by atoms with Crippen LogP contribution in [0.1, 0.15) is 0 Å². The second kappa shape index (κ2) is 5.14. The summed E-state index contributed by atoms with van der Waals surface area (Å²) < 4.78 is 5.97. The average Bonchev–Trinajstić information content (AvgIpc) is 2.47. The van der Waals surface area contributed by atoms with Crippen molar-refractivity contribution in [1.82, 2.24) is 4.98 Å². The minimum Gasteiger partial charge on any atom is -0.378 e. The lowest BCUT2D eigenvalue weighted by Gasteiger charge is -2.26. The van der Waals surface area contributed by atoms with Gasteiger partial charge in [0.25, 0.3) is 11.2 Å². The van der Waals surface area contributed by atoms with Crippen molar-refractivity contribution in [2.45, 2.75) is 0 Å². The van der Waals surface area contributed by atoms with Crippen LogP contribution in [0.5, 0.6) is 0 Å². The van der Waals surface area contributed by atoms with Crippen LogP contribution in [0.25, 0.3) is 10.1 Å². The number of anilines is 1. The van der Waals surface area contributed by atoms with Gasteiger partial charge in [-0.15, -0.1) is 0 Å². The molecule has 1 aromatic heterocycles. The molecule has 1 saturated heterocycles. The summed E-state index contributed by atoms with van der Waals surface area (Å²) in [6.07, 6.45) is 0. The van der Waals surface area contributed by atoms with Crippen LogP contribution in [0.4, 0.5) is 10.8 Å². The fraction of sp³-hybridized carbons (Fsp3) is 0.333. The monoisotopic (exact) mass is 293 g/mol. The lowest BCUT2D eigenvalue weighted by atomic mass is 10.2. The maximum atomic E-state index is 12.0. The molecule has 0 radical (unpaired) electrons. The minimum absolute atomic E-state index is 0.0947. The topological polar surface area (TPSA) is 85.6 Å². The number of rotatable bonds is 2. The molecule has 7 nitrogen and oxygen atoms in total. The predicted molar refractivity (Wildman–Crippen MR) is 75.6 cm³/mol. The smallest absolute Gasteiger partial charge is 0.281 e. The van der Waals surface area contributed by atoms with E-state index in [1.54, 1.807) is 6.07 Å². The molecule has 0 unspecified atom stereocenters. The molecule has 3 rings (SSSR count). The number of ether oxygens (including phenoxy) is 1. The lowest BCUT2D eigenvalue weighted by molar-refractivity contribution is -0.384. The van der Waals surface area contributed by atoms with E-state index in [9.17, 15) is 14.9 Å². The van der Waals surface area contributed by atoms with E-state index in [4.69, 9.17) is 4.74 Å². The van der Waals surface area contributed by atoms with Crippen molar-refractivity contribution in [3.05, 3.63) is 38.7 Å². The van der Waals surface area contributed by atoms with E-state index >= 15 is 0 Å². The van der Waals surface area contributed by atoms with Gasteiger partial charge in [0.05, 0.1) is 23.5 Å². The van der Waals surface area contributed by atoms with Gasteiger partial charge in [0.1, 0.15) is 0 Å². The molecule has 0 atom stereocenters. The standard InChI is InChI=1S/C12H11N3O4S/c16-11-9-7-8(15(17)18)1-2-10(9)20-12(13-11)14-3-5-19-6-4-14/h1-2,7H,3-6H2. The number of hydrogen-bond acceptors (Lipinski definition) is 7. The first-order valence-corrected chi connectivity index (χ1v) is 6.89. The Bertz CT molecular complexity index is 724. The first kappa shape index (κ1) is 12.9. The minimum atomic E-state index is -0.514. The van der Waals surface area contributed by atoms with Gasteiger partial charge in [0.15, 0.2) is 5.13 Å². The normalized spacial score (nSPS) is 15.5. The molecule has 0 amide bonds. The zero-order valence-electron chi connectivity index (χ0n) is 10.4. The number of nitrogens with zero attached hydrogens (tertiary/aromatic N) is 3. The molecule has 2 heterocycles. The molecule has 20 heavy (non-hydrogen) atoms. The summed E-state index contributed by atoms with van der Waals surface area (Å²) in [5, 5.41) is 11.7. The van der Waals surface area contributed by atoms with Crippen molar-refractivity contribution in [2.24, 2.45) is 0 Å². The van der Waals surface area contributed by atoms with Gasteiger partial charge >= 0.3 is 0 Å². The molecule has 0 saturated carbocycles. The number of fused-ring (bicyclic) bond motifs is 1. The molecular weight excluding hydrogens is 282 g/mol. The van der Waals surface area contributed by atoms with Crippen LogP contribution < -0.4 is 10.5 Å². The van der Waals surface area contributed by atoms with Crippen molar-refractivity contribution in [3.63, 3.8) is 0 Å². The van der Waals surface area contributed by atoms with Gasteiger partial charge in [0.2, 0.25) is 0 Å². The molecule has 1 aliphatic heterocycles. The summed E-state index contributed by atoms with van der Waals surface area (Å²) in [4.78, 5) is 28.3. The summed E-state index contributed by atoms with van der Waals surface area (Å²) in [5.74, 6) is 0. The molecule has 0 spiro atoms. The summed E-state index contributed by atoms with van der Waals surface area (Å²) in [6.45, 7) is 2.62. The maximum absolute atomic E-state index is 12.0. The van der Waals surface area contributed by atoms with E-state index in [1.807, 2.05) is 4.90 Å². The lowest BCUT2D eigenvalue weighted by Crippen LogP contribution is -2.37. The van der Waals surface area contributed by atoms with Gasteiger partial charge < -0.3 is 9.64 Å². The van der Waals surface area contributed by atoms with Gasteiger partial charge in [-0.2, -0.15) is 4.98 Å². The van der Waals surface area contributed by atoms with Crippen molar-refractivity contribution >= 4 is 32.2 Å². The van der Waals surface area contributed by atoms with Gasteiger partial charge in [-0.1, -0.05) is 11.3 Å². The molecule has 0 aliphatic carbocycles. The van der Waals surface area contributed by atoms with E-state index in [0.717, 1.165) is 0 Å².